The Balaban J connectivity index is 2.03. The fraction of sp³-hybridized carbons (Fsp3) is 0.350. The Morgan fingerprint density at radius 1 is 1.33 bits per heavy atom. The number of benzene rings is 1. The summed E-state index contributed by atoms with van der Waals surface area (Å²) in [5.74, 6) is 0. The van der Waals surface area contributed by atoms with Crippen molar-refractivity contribution >= 4 is 6.09 Å². The molecule has 0 aromatic heterocycles. The van der Waals surface area contributed by atoms with Gasteiger partial charge in [-0.15, -0.1) is 13.2 Å². The van der Waals surface area contributed by atoms with E-state index < -0.39 is 11.5 Å². The lowest BCUT2D eigenvalue weighted by atomic mass is 9.75. The first-order chi connectivity index (χ1) is 11.6. The predicted octanol–water partition coefficient (Wildman–Crippen LogP) is 3.69. The Hall–Kier alpha value is -2.33. The maximum Gasteiger partial charge on any atom is 0.410 e. The van der Waals surface area contributed by atoms with Crippen LogP contribution in [0.3, 0.4) is 0 Å². The quantitative estimate of drug-likeness (QED) is 0.777. The minimum absolute atomic E-state index is 0.240. The topological polar surface area (TPSA) is 49.8 Å². The van der Waals surface area contributed by atoms with Crippen LogP contribution in [0.25, 0.3) is 0 Å². The predicted molar refractivity (Wildman–Crippen MR) is 95.4 cm³/mol. The van der Waals surface area contributed by atoms with Crippen molar-refractivity contribution in [3.05, 3.63) is 73.4 Å². The van der Waals surface area contributed by atoms with E-state index in [0.717, 1.165) is 5.56 Å². The summed E-state index contributed by atoms with van der Waals surface area (Å²) in [5, 5.41) is 10.5. The van der Waals surface area contributed by atoms with Crippen LogP contribution >= 0.6 is 0 Å². The Morgan fingerprint density at radius 3 is 2.75 bits per heavy atom. The highest BCUT2D eigenvalue weighted by Gasteiger charge is 2.39. The maximum atomic E-state index is 12.4. The molecule has 0 radical (unpaired) electrons. The SMILES string of the molecule is C=CC[C@H](O)[C@@]1(CC=C)C=CCN(C(=O)OCc2ccccc2)C1. The van der Waals surface area contributed by atoms with Crippen LogP contribution in [0.4, 0.5) is 4.79 Å². The zero-order valence-corrected chi connectivity index (χ0v) is 13.9. The number of carbonyl (C=O) groups is 1. The Bertz CT molecular complexity index is 596. The molecule has 0 fully saturated rings. The highest BCUT2D eigenvalue weighted by atomic mass is 16.6. The van der Waals surface area contributed by atoms with Gasteiger partial charge < -0.3 is 14.7 Å². The van der Waals surface area contributed by atoms with Gasteiger partial charge in [-0.1, -0.05) is 54.6 Å². The molecule has 1 heterocycles. The molecule has 4 heteroatoms. The summed E-state index contributed by atoms with van der Waals surface area (Å²) in [7, 11) is 0. The number of hydrogen-bond acceptors (Lipinski definition) is 3. The standard InChI is InChI=1S/C20H25NO3/c1-3-9-18(22)20(12-4-2)13-8-14-21(16-20)19(23)24-15-17-10-6-5-7-11-17/h3-8,10-11,13,18,22H,1-2,9,12,14-16H2/t18-,20-/m0/s1. The fourth-order valence-electron chi connectivity index (χ4n) is 2.98. The van der Waals surface area contributed by atoms with E-state index >= 15 is 0 Å². The van der Waals surface area contributed by atoms with Gasteiger partial charge in [0, 0.05) is 18.5 Å². The first-order valence-corrected chi connectivity index (χ1v) is 8.14. The molecule has 0 aliphatic carbocycles. The van der Waals surface area contributed by atoms with Gasteiger partial charge in [-0.2, -0.15) is 0 Å². The van der Waals surface area contributed by atoms with Gasteiger partial charge >= 0.3 is 6.09 Å². The number of nitrogens with zero attached hydrogens (tertiary/aromatic N) is 1. The van der Waals surface area contributed by atoms with Crippen molar-refractivity contribution in [3.63, 3.8) is 0 Å². The Morgan fingerprint density at radius 2 is 2.08 bits per heavy atom. The molecule has 4 nitrogen and oxygen atoms in total. The van der Waals surface area contributed by atoms with Gasteiger partial charge in [0.25, 0.3) is 0 Å². The van der Waals surface area contributed by atoms with Gasteiger partial charge in [0.15, 0.2) is 0 Å². The first-order valence-electron chi connectivity index (χ1n) is 8.14. The van der Waals surface area contributed by atoms with Crippen LogP contribution in [-0.2, 0) is 11.3 Å². The lowest BCUT2D eigenvalue weighted by Gasteiger charge is -2.41. The van der Waals surface area contributed by atoms with E-state index in [1.165, 1.54) is 0 Å². The second kappa shape index (κ2) is 8.50. The van der Waals surface area contributed by atoms with Crippen LogP contribution in [0.15, 0.2) is 67.8 Å². The van der Waals surface area contributed by atoms with Crippen LogP contribution in [-0.4, -0.2) is 35.3 Å². The third-order valence-electron chi connectivity index (χ3n) is 4.30. The summed E-state index contributed by atoms with van der Waals surface area (Å²) in [6.07, 6.45) is 7.42. The molecule has 2 atom stereocenters. The van der Waals surface area contributed by atoms with Crippen molar-refractivity contribution in [2.45, 2.75) is 25.6 Å². The van der Waals surface area contributed by atoms with E-state index in [9.17, 15) is 9.90 Å². The molecule has 1 aromatic rings. The van der Waals surface area contributed by atoms with Crippen LogP contribution < -0.4 is 0 Å². The molecule has 2 rings (SSSR count). The maximum absolute atomic E-state index is 12.4. The highest BCUT2D eigenvalue weighted by molar-refractivity contribution is 5.68. The van der Waals surface area contributed by atoms with Crippen molar-refractivity contribution in [2.75, 3.05) is 13.1 Å². The summed E-state index contributed by atoms with van der Waals surface area (Å²) in [6.45, 7) is 8.59. The summed E-state index contributed by atoms with van der Waals surface area (Å²) in [5.41, 5.74) is 0.405. The molecule has 1 aromatic carbocycles. The highest BCUT2D eigenvalue weighted by Crippen LogP contribution is 2.35. The third kappa shape index (κ3) is 4.36. The van der Waals surface area contributed by atoms with Crippen molar-refractivity contribution in [2.24, 2.45) is 5.41 Å². The average molecular weight is 327 g/mol. The Labute approximate surface area is 143 Å². The molecule has 1 aliphatic heterocycles. The van der Waals surface area contributed by atoms with E-state index in [-0.39, 0.29) is 12.7 Å². The molecule has 24 heavy (non-hydrogen) atoms. The zero-order chi connectivity index (χ0) is 17.4. The van der Waals surface area contributed by atoms with E-state index in [0.29, 0.717) is 25.9 Å². The molecule has 0 saturated carbocycles. The normalized spacial score (nSPS) is 21.1. The van der Waals surface area contributed by atoms with Gasteiger partial charge in [-0.05, 0) is 18.4 Å². The summed E-state index contributed by atoms with van der Waals surface area (Å²) in [4.78, 5) is 14.0. The molecule has 0 spiro atoms. The number of rotatable bonds is 7. The monoisotopic (exact) mass is 327 g/mol. The van der Waals surface area contributed by atoms with Crippen LogP contribution in [0.2, 0.25) is 0 Å². The average Bonchev–Trinajstić information content (AvgIpc) is 2.61. The smallest absolute Gasteiger partial charge is 0.410 e. The molecule has 128 valence electrons. The van der Waals surface area contributed by atoms with E-state index in [1.807, 2.05) is 42.5 Å². The van der Waals surface area contributed by atoms with E-state index in [1.54, 1.807) is 17.1 Å². The van der Waals surface area contributed by atoms with Crippen LogP contribution in [0.5, 0.6) is 0 Å². The van der Waals surface area contributed by atoms with Crippen LogP contribution in [0, 0.1) is 5.41 Å². The molecule has 1 amide bonds. The van der Waals surface area contributed by atoms with Crippen molar-refractivity contribution in [3.8, 4) is 0 Å². The van der Waals surface area contributed by atoms with Crippen molar-refractivity contribution < 1.29 is 14.6 Å². The zero-order valence-electron chi connectivity index (χ0n) is 13.9. The summed E-state index contributed by atoms with van der Waals surface area (Å²) in [6, 6.07) is 9.57. The number of ether oxygens (including phenoxy) is 1. The number of aliphatic hydroxyl groups is 1. The van der Waals surface area contributed by atoms with Gasteiger partial charge in [0.2, 0.25) is 0 Å². The lowest BCUT2D eigenvalue weighted by molar-refractivity contribution is 0.0231. The minimum Gasteiger partial charge on any atom is -0.445 e. The Kier molecular flexibility index (Phi) is 6.38. The number of carbonyl (C=O) groups excluding carboxylic acids is 1. The summed E-state index contributed by atoms with van der Waals surface area (Å²) < 4.78 is 5.40. The van der Waals surface area contributed by atoms with Crippen molar-refractivity contribution in [1.29, 1.82) is 0 Å². The molecule has 0 bridgehead atoms. The van der Waals surface area contributed by atoms with E-state index in [4.69, 9.17) is 4.74 Å². The minimum atomic E-state index is -0.617. The first kappa shape index (κ1) is 18.0. The molecule has 0 unspecified atom stereocenters. The number of allylic oxidation sites excluding steroid dienone is 1. The summed E-state index contributed by atoms with van der Waals surface area (Å²) >= 11 is 0. The van der Waals surface area contributed by atoms with Gasteiger partial charge in [0.05, 0.1) is 6.10 Å². The van der Waals surface area contributed by atoms with Gasteiger partial charge in [-0.3, -0.25) is 0 Å². The van der Waals surface area contributed by atoms with E-state index in [2.05, 4.69) is 13.2 Å². The van der Waals surface area contributed by atoms with Crippen LogP contribution in [0.1, 0.15) is 18.4 Å². The lowest BCUT2D eigenvalue weighted by Crippen LogP contribution is -2.49. The largest absolute Gasteiger partial charge is 0.445 e. The second-order valence-electron chi connectivity index (χ2n) is 6.09. The second-order valence-corrected chi connectivity index (χ2v) is 6.09. The molecule has 1 N–H and O–H groups in total. The number of aliphatic hydroxyl groups excluding tert-OH is 1. The fourth-order valence-corrected chi connectivity index (χ4v) is 2.98. The molecular formula is C20H25NO3. The number of hydrogen-bond donors (Lipinski definition) is 1. The number of amides is 1. The van der Waals surface area contributed by atoms with Crippen molar-refractivity contribution in [1.82, 2.24) is 4.90 Å². The van der Waals surface area contributed by atoms with Gasteiger partial charge in [-0.25, -0.2) is 4.79 Å². The molecule has 0 saturated heterocycles. The van der Waals surface area contributed by atoms with Gasteiger partial charge in [0.1, 0.15) is 6.61 Å². The molecular weight excluding hydrogens is 302 g/mol. The third-order valence-corrected chi connectivity index (χ3v) is 4.30. The molecule has 1 aliphatic rings.